The third-order valence-corrected chi connectivity index (χ3v) is 14.7. The highest BCUT2D eigenvalue weighted by atomic mass is 35.5. The molecule has 0 aliphatic carbocycles. The van der Waals surface area contributed by atoms with Gasteiger partial charge in [0, 0.05) is 143 Å². The zero-order valence-corrected chi connectivity index (χ0v) is 45.6. The Morgan fingerprint density at radius 1 is 0.628 bits per heavy atom. The van der Waals surface area contributed by atoms with Gasteiger partial charge >= 0.3 is 0 Å². The average Bonchev–Trinajstić information content (AvgIpc) is 4.27. The summed E-state index contributed by atoms with van der Waals surface area (Å²) in [7, 11) is 9.27. The van der Waals surface area contributed by atoms with Crippen molar-refractivity contribution in [2.24, 2.45) is 0 Å². The minimum Gasteiger partial charge on any atom is -0.495 e. The Kier molecular flexibility index (Phi) is 16.8. The molecule has 10 rings (SSSR count). The molecular formula is C55H59Cl2F2N13O6. The predicted octanol–water partition coefficient (Wildman–Crippen LogP) is 8.29. The molecule has 0 spiro atoms. The summed E-state index contributed by atoms with van der Waals surface area (Å²) in [5, 5.41) is 8.19. The Morgan fingerprint density at radius 3 is 1.73 bits per heavy atom. The van der Waals surface area contributed by atoms with E-state index in [9.17, 15) is 9.59 Å². The van der Waals surface area contributed by atoms with Gasteiger partial charge in [-0.05, 0) is 43.7 Å². The summed E-state index contributed by atoms with van der Waals surface area (Å²) in [6, 6.07) is 8.34. The number of anilines is 2. The molecule has 0 unspecified atom stereocenters. The van der Waals surface area contributed by atoms with Crippen LogP contribution in [0.3, 0.4) is 0 Å². The second-order valence-corrected chi connectivity index (χ2v) is 19.2. The Bertz CT molecular complexity index is 3540. The number of nitrogens with zero attached hydrogens (tertiary/aromatic N) is 11. The van der Waals surface area contributed by atoms with E-state index in [0.29, 0.717) is 106 Å². The summed E-state index contributed by atoms with van der Waals surface area (Å²) in [4.78, 5) is 55.3. The lowest BCUT2D eigenvalue weighted by molar-refractivity contribution is -0.128. The highest BCUT2D eigenvalue weighted by Crippen LogP contribution is 2.48. The minimum atomic E-state index is -0.833. The number of aryl methyl sites for hydroxylation is 1. The molecular weight excluding hydrogens is 1050 g/mol. The van der Waals surface area contributed by atoms with Crippen molar-refractivity contribution < 1.29 is 37.3 Å². The van der Waals surface area contributed by atoms with E-state index in [4.69, 9.17) is 52.1 Å². The molecule has 78 heavy (non-hydrogen) atoms. The van der Waals surface area contributed by atoms with Gasteiger partial charge in [0.05, 0.1) is 61.0 Å². The van der Waals surface area contributed by atoms with Crippen molar-refractivity contribution in [1.82, 2.24) is 53.3 Å². The average molecular weight is 1110 g/mol. The van der Waals surface area contributed by atoms with Crippen LogP contribution in [0, 0.1) is 11.6 Å². The van der Waals surface area contributed by atoms with Crippen LogP contribution >= 0.6 is 23.2 Å². The Hall–Kier alpha value is -7.85. The molecule has 0 saturated carbocycles. The summed E-state index contributed by atoms with van der Waals surface area (Å²) >= 11 is 13.6. The van der Waals surface area contributed by atoms with Crippen LogP contribution in [0.25, 0.3) is 55.5 Å². The standard InChI is InChI=1S/C29H32F2N6O3.C26H27Cl2N7O3/c1-5-25(38)36-11-9-35(10-12-36)8-6-7-19-17-37-21-14-24(32-2)33-16-18(21)13-20(29(37)34-19)26-27(30)22(39-3)15-23(40-4)28(26)31;1-5-20(36)34-8-6-33(7-9-34)13-16-14-35-24-15(12-30-26(29-2)32-24)10-17(25(35)31-16)21-22(27)18(37-3)11-19(38-4)23(21)28/h5,13-17H,1,6-12H2,2-4H3,(H,32,33);5,10-12,14H,1,6-9,13H2,2-4H3,(H,29,30,32). The molecule has 8 aromatic rings. The van der Waals surface area contributed by atoms with Crippen molar-refractivity contribution >= 4 is 80.0 Å². The van der Waals surface area contributed by atoms with Crippen LogP contribution in [0.1, 0.15) is 17.8 Å². The van der Waals surface area contributed by atoms with Gasteiger partial charge < -0.3 is 39.4 Å². The number of pyridine rings is 3. The first-order chi connectivity index (χ1) is 37.8. The number of methoxy groups -OCH3 is 4. The molecule has 2 aliphatic rings. The molecule has 0 bridgehead atoms. The van der Waals surface area contributed by atoms with E-state index >= 15 is 8.78 Å². The molecule has 19 nitrogen and oxygen atoms in total. The Labute approximate surface area is 459 Å². The number of aromatic nitrogens is 7. The molecule has 2 saturated heterocycles. The van der Waals surface area contributed by atoms with Crippen molar-refractivity contribution in [2.45, 2.75) is 19.4 Å². The van der Waals surface area contributed by atoms with Gasteiger partial charge in [-0.3, -0.25) is 28.2 Å². The van der Waals surface area contributed by atoms with Crippen LogP contribution < -0.4 is 29.6 Å². The molecule has 0 atom stereocenters. The third kappa shape index (κ3) is 10.9. The number of halogens is 4. The second-order valence-electron chi connectivity index (χ2n) is 18.4. The summed E-state index contributed by atoms with van der Waals surface area (Å²) in [6.07, 6.45) is 11.5. The maximum absolute atomic E-state index is 15.6. The van der Waals surface area contributed by atoms with Gasteiger partial charge in [-0.1, -0.05) is 36.4 Å². The minimum absolute atomic E-state index is 0.0365. The molecule has 408 valence electrons. The van der Waals surface area contributed by atoms with Crippen LogP contribution in [0.15, 0.2) is 80.4 Å². The summed E-state index contributed by atoms with van der Waals surface area (Å²) < 4.78 is 56.3. The van der Waals surface area contributed by atoms with Crippen molar-refractivity contribution in [3.8, 4) is 45.3 Å². The quantitative estimate of drug-likeness (QED) is 0.0882. The lowest BCUT2D eigenvalue weighted by Gasteiger charge is -2.34. The topological polar surface area (TPSA) is 181 Å². The maximum Gasteiger partial charge on any atom is 0.246 e. The van der Waals surface area contributed by atoms with Crippen molar-refractivity contribution in [2.75, 3.05) is 112 Å². The molecule has 6 aromatic heterocycles. The van der Waals surface area contributed by atoms with E-state index in [-0.39, 0.29) is 34.4 Å². The zero-order valence-electron chi connectivity index (χ0n) is 44.1. The molecule has 8 heterocycles. The molecule has 0 radical (unpaired) electrons. The van der Waals surface area contributed by atoms with E-state index in [2.05, 4.69) is 48.5 Å². The summed E-state index contributed by atoms with van der Waals surface area (Å²) in [5.74, 6) is 0.00896. The number of carbonyl (C=O) groups excluding carboxylic acids is 2. The van der Waals surface area contributed by atoms with Crippen molar-refractivity contribution in [1.29, 1.82) is 0 Å². The largest absolute Gasteiger partial charge is 0.495 e. The Morgan fingerprint density at radius 2 is 1.15 bits per heavy atom. The molecule has 2 aromatic carbocycles. The number of carbonyl (C=O) groups is 2. The normalized spacial score (nSPS) is 14.1. The van der Waals surface area contributed by atoms with Gasteiger partial charge in [0.15, 0.2) is 28.8 Å². The van der Waals surface area contributed by atoms with Crippen molar-refractivity contribution in [3.63, 3.8) is 0 Å². The van der Waals surface area contributed by atoms with Gasteiger partial charge in [0.1, 0.15) is 28.6 Å². The third-order valence-electron chi connectivity index (χ3n) is 14.0. The molecule has 2 aliphatic heterocycles. The number of nitrogens with one attached hydrogen (secondary N) is 2. The predicted molar refractivity (Wildman–Crippen MR) is 298 cm³/mol. The molecule has 23 heteroatoms. The number of hydrogen-bond donors (Lipinski definition) is 2. The summed E-state index contributed by atoms with van der Waals surface area (Å²) in [5.41, 5.74) is 5.41. The maximum atomic E-state index is 15.6. The highest BCUT2D eigenvalue weighted by molar-refractivity contribution is 6.41. The number of hydrogen-bond acceptors (Lipinski definition) is 15. The van der Waals surface area contributed by atoms with E-state index in [0.717, 1.165) is 61.4 Å². The number of ether oxygens (including phenoxy) is 4. The fourth-order valence-electron chi connectivity index (χ4n) is 9.83. The highest BCUT2D eigenvalue weighted by Gasteiger charge is 2.28. The second kappa shape index (κ2) is 23.8. The van der Waals surface area contributed by atoms with Gasteiger partial charge in [-0.15, -0.1) is 0 Å². The molecule has 2 N–H and O–H groups in total. The van der Waals surface area contributed by atoms with E-state index in [1.54, 1.807) is 48.4 Å². The van der Waals surface area contributed by atoms with Gasteiger partial charge in [0.25, 0.3) is 0 Å². The first-order valence-electron chi connectivity index (χ1n) is 25.1. The van der Waals surface area contributed by atoms with Gasteiger partial charge in [-0.2, -0.15) is 4.98 Å². The van der Waals surface area contributed by atoms with E-state index < -0.39 is 11.6 Å². The van der Waals surface area contributed by atoms with Crippen molar-refractivity contribution in [3.05, 3.63) is 113 Å². The lowest BCUT2D eigenvalue weighted by Crippen LogP contribution is -2.48. The molecule has 2 fully saturated rings. The lowest BCUT2D eigenvalue weighted by atomic mass is 10.0. The van der Waals surface area contributed by atoms with Crippen LogP contribution in [-0.4, -0.2) is 167 Å². The van der Waals surface area contributed by atoms with Crippen LogP contribution in [-0.2, 0) is 22.6 Å². The van der Waals surface area contributed by atoms with Crippen LogP contribution in [0.5, 0.6) is 23.0 Å². The van der Waals surface area contributed by atoms with E-state index in [1.807, 2.05) is 33.3 Å². The first-order valence-corrected chi connectivity index (χ1v) is 25.8. The monoisotopic (exact) mass is 1110 g/mol. The molecule has 2 amide bonds. The first kappa shape index (κ1) is 54.9. The number of imidazole rings is 2. The van der Waals surface area contributed by atoms with Gasteiger partial charge in [0.2, 0.25) is 17.8 Å². The van der Waals surface area contributed by atoms with Gasteiger partial charge in [-0.25, -0.2) is 28.7 Å². The number of fused-ring (bicyclic) bond motifs is 6. The number of rotatable bonds is 16. The van der Waals surface area contributed by atoms with Crippen LogP contribution in [0.2, 0.25) is 10.0 Å². The van der Waals surface area contributed by atoms with E-state index in [1.165, 1.54) is 46.7 Å². The number of piperazine rings is 2. The van der Waals surface area contributed by atoms with Crippen LogP contribution in [0.4, 0.5) is 20.5 Å². The Balaban J connectivity index is 0.000000190. The fraction of sp³-hybridized carbons (Fsp3) is 0.327. The number of amides is 2. The fourth-order valence-corrected chi connectivity index (χ4v) is 10.5. The SMILES string of the molecule is C=CC(=O)N1CCN(CCCc2cn3c(n2)c(-c2c(F)c(OC)cc(OC)c2F)cc2cnc(NC)cc23)CC1.C=CC(=O)N1CCN(Cc2cn3c(n2)c(-c2c(Cl)c(OC)cc(OC)c2Cl)cc2cnc(NC)nc23)CC1. The number of benzene rings is 2. The smallest absolute Gasteiger partial charge is 0.246 e. The summed E-state index contributed by atoms with van der Waals surface area (Å²) in [6.45, 7) is 14.3. The zero-order chi connectivity index (χ0) is 55.4.